The summed E-state index contributed by atoms with van der Waals surface area (Å²) in [5.74, 6) is 0. The molecular formula is C40H85NO2. The third-order valence-corrected chi connectivity index (χ3v) is 8.57. The molecule has 1 saturated heterocycles. The van der Waals surface area contributed by atoms with Crippen molar-refractivity contribution in [2.24, 2.45) is 0 Å². The molecule has 0 radical (unpaired) electrons. The van der Waals surface area contributed by atoms with Crippen LogP contribution in [-0.2, 0) is 9.47 Å². The SMILES string of the molecule is CCCCCCCCCCCC.CCCCCCCCCCCCCC.CCCOCC1CCCCCCOCCCN1. The van der Waals surface area contributed by atoms with Gasteiger partial charge in [0.15, 0.2) is 0 Å². The number of nitrogens with one attached hydrogen (secondary N) is 1. The predicted octanol–water partition coefficient (Wildman–Crippen LogP) is 13.4. The highest BCUT2D eigenvalue weighted by molar-refractivity contribution is 4.67. The van der Waals surface area contributed by atoms with Crippen molar-refractivity contribution in [3.8, 4) is 0 Å². The molecular weight excluding hydrogens is 526 g/mol. The van der Waals surface area contributed by atoms with Gasteiger partial charge < -0.3 is 14.8 Å². The van der Waals surface area contributed by atoms with Crippen LogP contribution < -0.4 is 5.32 Å². The first kappa shape index (κ1) is 45.0. The van der Waals surface area contributed by atoms with Gasteiger partial charge in [-0.15, -0.1) is 0 Å². The minimum absolute atomic E-state index is 0.543. The van der Waals surface area contributed by atoms with Gasteiger partial charge in [-0.2, -0.15) is 0 Å². The molecule has 0 aromatic rings. The Bertz CT molecular complexity index is 410. The molecule has 1 fully saturated rings. The maximum atomic E-state index is 5.65. The minimum Gasteiger partial charge on any atom is -0.381 e. The van der Waals surface area contributed by atoms with E-state index in [1.807, 2.05) is 0 Å². The lowest BCUT2D eigenvalue weighted by atomic mass is 10.1. The van der Waals surface area contributed by atoms with Crippen LogP contribution >= 0.6 is 0 Å². The van der Waals surface area contributed by atoms with Gasteiger partial charge in [-0.05, 0) is 32.2 Å². The molecule has 0 spiro atoms. The first-order valence-electron chi connectivity index (χ1n) is 20.1. The van der Waals surface area contributed by atoms with Crippen LogP contribution in [0.5, 0.6) is 0 Å². The van der Waals surface area contributed by atoms with E-state index >= 15 is 0 Å². The van der Waals surface area contributed by atoms with E-state index in [9.17, 15) is 0 Å². The fourth-order valence-electron chi connectivity index (χ4n) is 5.62. The number of hydrogen-bond donors (Lipinski definition) is 1. The zero-order valence-corrected chi connectivity index (χ0v) is 30.9. The van der Waals surface area contributed by atoms with Crippen molar-refractivity contribution in [2.75, 3.05) is 33.0 Å². The van der Waals surface area contributed by atoms with Gasteiger partial charge in [-0.25, -0.2) is 0 Å². The lowest BCUT2D eigenvalue weighted by Gasteiger charge is -2.19. The van der Waals surface area contributed by atoms with Gasteiger partial charge in [-0.3, -0.25) is 0 Å². The third kappa shape index (κ3) is 44.1. The summed E-state index contributed by atoms with van der Waals surface area (Å²) in [5, 5.41) is 3.59. The second kappa shape index (κ2) is 44.0. The van der Waals surface area contributed by atoms with Gasteiger partial charge in [-0.1, -0.05) is 195 Å². The lowest BCUT2D eigenvalue weighted by molar-refractivity contribution is 0.101. The van der Waals surface area contributed by atoms with Crippen LogP contribution in [0.2, 0.25) is 0 Å². The monoisotopic (exact) mass is 612 g/mol. The van der Waals surface area contributed by atoms with Gasteiger partial charge in [0.1, 0.15) is 0 Å². The quantitative estimate of drug-likeness (QED) is 0.110. The van der Waals surface area contributed by atoms with Crippen LogP contribution in [0.15, 0.2) is 0 Å². The molecule has 3 heteroatoms. The van der Waals surface area contributed by atoms with Crippen molar-refractivity contribution in [1.82, 2.24) is 5.32 Å². The van der Waals surface area contributed by atoms with Crippen molar-refractivity contribution in [1.29, 1.82) is 0 Å². The summed E-state index contributed by atoms with van der Waals surface area (Å²) in [7, 11) is 0. The Morgan fingerprint density at radius 1 is 0.465 bits per heavy atom. The van der Waals surface area contributed by atoms with Gasteiger partial charge in [0.2, 0.25) is 0 Å². The molecule has 1 unspecified atom stereocenters. The molecule has 0 aliphatic carbocycles. The minimum atomic E-state index is 0.543. The summed E-state index contributed by atoms with van der Waals surface area (Å²) in [6, 6.07) is 0.543. The maximum Gasteiger partial charge on any atom is 0.0619 e. The molecule has 1 aliphatic heterocycles. The first-order valence-corrected chi connectivity index (χ1v) is 20.1. The maximum absolute atomic E-state index is 5.65. The highest BCUT2D eigenvalue weighted by Gasteiger charge is 2.08. The summed E-state index contributed by atoms with van der Waals surface area (Å²) in [6.45, 7) is 15.9. The van der Waals surface area contributed by atoms with E-state index in [0.717, 1.165) is 45.8 Å². The Kier molecular flexibility index (Phi) is 46.1. The third-order valence-electron chi connectivity index (χ3n) is 8.57. The summed E-state index contributed by atoms with van der Waals surface area (Å²) in [5.41, 5.74) is 0. The fraction of sp³-hybridized carbons (Fsp3) is 1.00. The molecule has 43 heavy (non-hydrogen) atoms. The average Bonchev–Trinajstić information content (AvgIpc) is 3.01. The molecule has 1 atom stereocenters. The highest BCUT2D eigenvalue weighted by Crippen LogP contribution is 2.12. The second-order valence-electron chi connectivity index (χ2n) is 13.3. The van der Waals surface area contributed by atoms with E-state index in [2.05, 4.69) is 39.9 Å². The molecule has 0 bridgehead atoms. The number of rotatable bonds is 24. The summed E-state index contributed by atoms with van der Waals surface area (Å²) in [6.07, 6.45) is 40.5. The highest BCUT2D eigenvalue weighted by atomic mass is 16.5. The standard InChI is InChI=1S/C14H29NO2.C14H30.C12H26/c1-2-10-17-13-14-8-5-3-4-6-11-16-12-7-9-15-14;1-3-5-7-9-11-13-14-12-10-8-6-4-2;1-3-5-7-9-11-12-10-8-6-4-2/h14-15H,2-13H2,1H3;3-14H2,1-2H3;3-12H2,1-2H3. The predicted molar refractivity (Wildman–Crippen MR) is 196 cm³/mol. The van der Waals surface area contributed by atoms with Gasteiger partial charge in [0.25, 0.3) is 0 Å². The van der Waals surface area contributed by atoms with E-state index < -0.39 is 0 Å². The number of ether oxygens (including phenoxy) is 2. The van der Waals surface area contributed by atoms with Gasteiger partial charge >= 0.3 is 0 Å². The zero-order valence-electron chi connectivity index (χ0n) is 30.9. The lowest BCUT2D eigenvalue weighted by Crippen LogP contribution is -2.35. The normalized spacial score (nSPS) is 16.3. The topological polar surface area (TPSA) is 30.5 Å². The molecule has 1 N–H and O–H groups in total. The molecule has 0 aromatic carbocycles. The molecule has 1 rings (SSSR count). The van der Waals surface area contributed by atoms with E-state index in [1.54, 1.807) is 0 Å². The number of hydrogen-bond acceptors (Lipinski definition) is 3. The molecule has 1 heterocycles. The van der Waals surface area contributed by atoms with Crippen molar-refractivity contribution < 1.29 is 9.47 Å². The van der Waals surface area contributed by atoms with Crippen molar-refractivity contribution in [3.05, 3.63) is 0 Å². The van der Waals surface area contributed by atoms with Crippen molar-refractivity contribution in [2.45, 2.75) is 227 Å². The van der Waals surface area contributed by atoms with Gasteiger partial charge in [0.05, 0.1) is 6.61 Å². The molecule has 262 valence electrons. The fourth-order valence-corrected chi connectivity index (χ4v) is 5.62. The Balaban J connectivity index is 0. The van der Waals surface area contributed by atoms with Crippen LogP contribution in [0.4, 0.5) is 0 Å². The molecule has 3 nitrogen and oxygen atoms in total. The molecule has 0 saturated carbocycles. The van der Waals surface area contributed by atoms with Crippen LogP contribution in [0.25, 0.3) is 0 Å². The smallest absolute Gasteiger partial charge is 0.0619 e. The summed E-state index contributed by atoms with van der Waals surface area (Å²) < 4.78 is 11.2. The number of unbranched alkanes of at least 4 members (excludes halogenated alkanes) is 20. The van der Waals surface area contributed by atoms with E-state index in [4.69, 9.17) is 9.47 Å². The Hall–Kier alpha value is -0.120. The van der Waals surface area contributed by atoms with Gasteiger partial charge in [0, 0.05) is 25.9 Å². The van der Waals surface area contributed by atoms with Crippen molar-refractivity contribution in [3.63, 3.8) is 0 Å². The molecule has 0 aromatic heterocycles. The van der Waals surface area contributed by atoms with E-state index in [1.165, 1.54) is 173 Å². The largest absolute Gasteiger partial charge is 0.381 e. The van der Waals surface area contributed by atoms with Crippen LogP contribution in [0.1, 0.15) is 221 Å². The summed E-state index contributed by atoms with van der Waals surface area (Å²) >= 11 is 0. The van der Waals surface area contributed by atoms with Crippen LogP contribution in [0.3, 0.4) is 0 Å². The molecule has 0 amide bonds. The zero-order chi connectivity index (χ0) is 31.7. The first-order chi connectivity index (χ1) is 21.3. The van der Waals surface area contributed by atoms with Crippen LogP contribution in [-0.4, -0.2) is 39.0 Å². The average molecular weight is 612 g/mol. The van der Waals surface area contributed by atoms with Crippen molar-refractivity contribution >= 4 is 0 Å². The Labute approximate surface area is 274 Å². The van der Waals surface area contributed by atoms with E-state index in [-0.39, 0.29) is 0 Å². The second-order valence-corrected chi connectivity index (χ2v) is 13.3. The molecule has 1 aliphatic rings. The summed E-state index contributed by atoms with van der Waals surface area (Å²) in [4.78, 5) is 0. The van der Waals surface area contributed by atoms with Crippen LogP contribution in [0, 0.1) is 0 Å². The Morgan fingerprint density at radius 3 is 1.28 bits per heavy atom. The Morgan fingerprint density at radius 2 is 0.860 bits per heavy atom. The van der Waals surface area contributed by atoms with E-state index in [0.29, 0.717) is 6.04 Å².